The maximum absolute atomic E-state index is 6.14. The Bertz CT molecular complexity index is 462. The van der Waals surface area contributed by atoms with Crippen LogP contribution in [0.5, 0.6) is 0 Å². The Morgan fingerprint density at radius 2 is 2.18 bits per heavy atom. The first-order chi connectivity index (χ1) is 7.94. The lowest BCUT2D eigenvalue weighted by Gasteiger charge is -2.22. The fourth-order valence-corrected chi connectivity index (χ4v) is 2.11. The summed E-state index contributed by atoms with van der Waals surface area (Å²) in [5.74, 6) is 0.949. The molecule has 1 unspecified atom stereocenters. The minimum atomic E-state index is 0.142. The summed E-state index contributed by atoms with van der Waals surface area (Å²) in [5, 5.41) is 0. The molecule has 92 valence electrons. The molecule has 3 N–H and O–H groups in total. The van der Waals surface area contributed by atoms with Crippen LogP contribution in [0.2, 0.25) is 0 Å². The molecule has 0 amide bonds. The van der Waals surface area contributed by atoms with Crippen LogP contribution in [0.3, 0.4) is 0 Å². The van der Waals surface area contributed by atoms with Crippen LogP contribution >= 0.6 is 0 Å². The second kappa shape index (κ2) is 4.45. The van der Waals surface area contributed by atoms with Gasteiger partial charge in [0.1, 0.15) is 5.82 Å². The highest BCUT2D eigenvalue weighted by Crippen LogP contribution is 2.21. The van der Waals surface area contributed by atoms with Gasteiger partial charge >= 0.3 is 0 Å². The van der Waals surface area contributed by atoms with E-state index >= 15 is 0 Å². The van der Waals surface area contributed by atoms with Gasteiger partial charge in [0.05, 0.1) is 17.2 Å². The summed E-state index contributed by atoms with van der Waals surface area (Å²) in [4.78, 5) is 11.8. The Hall–Kier alpha value is -1.42. The van der Waals surface area contributed by atoms with Crippen LogP contribution in [0.1, 0.15) is 33.0 Å². The molecule has 4 heteroatoms. The van der Waals surface area contributed by atoms with Crippen molar-refractivity contribution in [2.24, 2.45) is 11.1 Å². The standard InChI is InChI=1S/C13H20N4/c1-13(2,3)7-9(14)6-12-16-10-4-5-15-8-11(10)17-12/h4-5,8-9H,6-7,14H2,1-3H3,(H,16,17). The maximum Gasteiger partial charge on any atom is 0.108 e. The van der Waals surface area contributed by atoms with Crippen LogP contribution in [-0.4, -0.2) is 21.0 Å². The van der Waals surface area contributed by atoms with E-state index in [9.17, 15) is 0 Å². The summed E-state index contributed by atoms with van der Waals surface area (Å²) in [6.45, 7) is 6.61. The van der Waals surface area contributed by atoms with Crippen molar-refractivity contribution in [1.82, 2.24) is 15.0 Å². The molecule has 0 aliphatic rings. The minimum absolute atomic E-state index is 0.142. The number of fused-ring (bicyclic) bond motifs is 1. The van der Waals surface area contributed by atoms with Gasteiger partial charge in [0, 0.05) is 18.7 Å². The number of aromatic nitrogens is 3. The number of aromatic amines is 1. The number of hydrogen-bond donors (Lipinski definition) is 2. The Morgan fingerprint density at radius 3 is 2.82 bits per heavy atom. The van der Waals surface area contributed by atoms with E-state index in [-0.39, 0.29) is 11.5 Å². The van der Waals surface area contributed by atoms with E-state index in [4.69, 9.17) is 5.73 Å². The van der Waals surface area contributed by atoms with E-state index in [1.165, 1.54) is 0 Å². The highest BCUT2D eigenvalue weighted by Gasteiger charge is 2.17. The van der Waals surface area contributed by atoms with Crippen molar-refractivity contribution in [3.05, 3.63) is 24.3 Å². The molecule has 0 fully saturated rings. The third-order valence-electron chi connectivity index (χ3n) is 2.66. The lowest BCUT2D eigenvalue weighted by atomic mass is 9.87. The van der Waals surface area contributed by atoms with Crippen molar-refractivity contribution in [2.45, 2.75) is 39.7 Å². The first-order valence-corrected chi connectivity index (χ1v) is 5.98. The fraction of sp³-hybridized carbons (Fsp3) is 0.538. The van der Waals surface area contributed by atoms with E-state index in [2.05, 4.69) is 35.7 Å². The largest absolute Gasteiger partial charge is 0.341 e. The zero-order valence-corrected chi connectivity index (χ0v) is 10.7. The number of imidazole rings is 1. The lowest BCUT2D eigenvalue weighted by molar-refractivity contribution is 0.337. The van der Waals surface area contributed by atoms with Gasteiger partial charge in [0.2, 0.25) is 0 Å². The topological polar surface area (TPSA) is 67.6 Å². The summed E-state index contributed by atoms with van der Waals surface area (Å²) in [5.41, 5.74) is 8.33. The molecule has 2 aromatic rings. The third kappa shape index (κ3) is 3.27. The summed E-state index contributed by atoms with van der Waals surface area (Å²) in [6.07, 6.45) is 5.32. The number of nitrogens with two attached hydrogens (primary N) is 1. The molecule has 0 aromatic carbocycles. The van der Waals surface area contributed by atoms with Crippen LogP contribution in [0, 0.1) is 5.41 Å². The van der Waals surface area contributed by atoms with E-state index in [1.54, 1.807) is 12.4 Å². The van der Waals surface area contributed by atoms with E-state index in [1.807, 2.05) is 6.07 Å². The van der Waals surface area contributed by atoms with Gasteiger partial charge in [-0.2, -0.15) is 0 Å². The van der Waals surface area contributed by atoms with Crippen molar-refractivity contribution < 1.29 is 0 Å². The molecular formula is C13H20N4. The Morgan fingerprint density at radius 1 is 1.41 bits per heavy atom. The van der Waals surface area contributed by atoms with E-state index < -0.39 is 0 Å². The molecule has 0 bridgehead atoms. The van der Waals surface area contributed by atoms with Gasteiger partial charge in [-0.05, 0) is 17.9 Å². The van der Waals surface area contributed by atoms with Gasteiger partial charge in [-0.25, -0.2) is 4.98 Å². The highest BCUT2D eigenvalue weighted by atomic mass is 14.9. The summed E-state index contributed by atoms with van der Waals surface area (Å²) in [6, 6.07) is 2.05. The molecule has 0 saturated heterocycles. The van der Waals surface area contributed by atoms with Gasteiger partial charge in [-0.15, -0.1) is 0 Å². The van der Waals surface area contributed by atoms with Crippen LogP contribution in [0.25, 0.3) is 11.0 Å². The molecule has 1 atom stereocenters. The van der Waals surface area contributed by atoms with Crippen molar-refractivity contribution in [3.63, 3.8) is 0 Å². The predicted molar refractivity (Wildman–Crippen MR) is 69.6 cm³/mol. The van der Waals surface area contributed by atoms with Gasteiger partial charge in [0.25, 0.3) is 0 Å². The second-order valence-electron chi connectivity index (χ2n) is 5.81. The maximum atomic E-state index is 6.14. The number of hydrogen-bond acceptors (Lipinski definition) is 3. The van der Waals surface area contributed by atoms with Gasteiger partial charge < -0.3 is 10.7 Å². The number of pyridine rings is 1. The summed E-state index contributed by atoms with van der Waals surface area (Å²) in [7, 11) is 0. The van der Waals surface area contributed by atoms with Crippen molar-refractivity contribution >= 4 is 11.0 Å². The molecule has 4 nitrogen and oxygen atoms in total. The SMILES string of the molecule is CC(C)(C)CC(N)Cc1nc2ccncc2[nH]1. The Balaban J connectivity index is 2.08. The number of nitrogens with zero attached hydrogens (tertiary/aromatic N) is 2. The zero-order chi connectivity index (χ0) is 12.5. The molecule has 2 rings (SSSR count). The number of rotatable bonds is 3. The van der Waals surface area contributed by atoms with Gasteiger partial charge in [0.15, 0.2) is 0 Å². The first kappa shape index (κ1) is 12.0. The fourth-order valence-electron chi connectivity index (χ4n) is 2.11. The molecule has 2 aromatic heterocycles. The predicted octanol–water partition coefficient (Wildman–Crippen LogP) is 2.26. The molecule has 0 radical (unpaired) electrons. The molecule has 0 aliphatic carbocycles. The molecular weight excluding hydrogens is 212 g/mol. The van der Waals surface area contributed by atoms with Crippen molar-refractivity contribution in [3.8, 4) is 0 Å². The van der Waals surface area contributed by atoms with E-state index in [0.717, 1.165) is 29.7 Å². The van der Waals surface area contributed by atoms with Crippen LogP contribution < -0.4 is 5.73 Å². The molecule has 2 heterocycles. The highest BCUT2D eigenvalue weighted by molar-refractivity contribution is 5.73. The second-order valence-corrected chi connectivity index (χ2v) is 5.81. The van der Waals surface area contributed by atoms with Gasteiger partial charge in [-0.3, -0.25) is 4.98 Å². The first-order valence-electron chi connectivity index (χ1n) is 5.98. The quantitative estimate of drug-likeness (QED) is 0.853. The van der Waals surface area contributed by atoms with Crippen molar-refractivity contribution in [1.29, 1.82) is 0 Å². The number of H-pyrrole nitrogens is 1. The smallest absolute Gasteiger partial charge is 0.108 e. The zero-order valence-electron chi connectivity index (χ0n) is 10.7. The summed E-state index contributed by atoms with van der Waals surface area (Å²) >= 11 is 0. The monoisotopic (exact) mass is 232 g/mol. The Kier molecular flexibility index (Phi) is 3.15. The molecule has 17 heavy (non-hydrogen) atoms. The molecule has 0 aliphatic heterocycles. The normalized spacial score (nSPS) is 14.1. The minimum Gasteiger partial charge on any atom is -0.341 e. The summed E-state index contributed by atoms with van der Waals surface area (Å²) < 4.78 is 0. The number of nitrogens with one attached hydrogen (secondary N) is 1. The molecule has 0 saturated carbocycles. The third-order valence-corrected chi connectivity index (χ3v) is 2.66. The molecule has 0 spiro atoms. The average molecular weight is 232 g/mol. The van der Waals surface area contributed by atoms with Crippen LogP contribution in [0.4, 0.5) is 0 Å². The van der Waals surface area contributed by atoms with Crippen LogP contribution in [0.15, 0.2) is 18.5 Å². The van der Waals surface area contributed by atoms with Crippen molar-refractivity contribution in [2.75, 3.05) is 0 Å². The Labute approximate surface area is 102 Å². The average Bonchev–Trinajstić information content (AvgIpc) is 2.55. The lowest BCUT2D eigenvalue weighted by Crippen LogP contribution is -2.28. The van der Waals surface area contributed by atoms with E-state index in [0.29, 0.717) is 0 Å². The van der Waals surface area contributed by atoms with Gasteiger partial charge in [-0.1, -0.05) is 20.8 Å². The van der Waals surface area contributed by atoms with Crippen LogP contribution in [-0.2, 0) is 6.42 Å².